The van der Waals surface area contributed by atoms with Gasteiger partial charge in [0.05, 0.1) is 6.04 Å². The molecule has 1 aromatic carbocycles. The Kier molecular flexibility index (Phi) is 2.49. The van der Waals surface area contributed by atoms with Crippen molar-refractivity contribution in [1.82, 2.24) is 4.98 Å². The average Bonchev–Trinajstić information content (AvgIpc) is 3.05. The van der Waals surface area contributed by atoms with Crippen molar-refractivity contribution in [3.8, 4) is 0 Å². The lowest BCUT2D eigenvalue weighted by molar-refractivity contribution is 0.448. The van der Waals surface area contributed by atoms with Crippen LogP contribution in [0, 0.1) is 5.92 Å². The van der Waals surface area contributed by atoms with Gasteiger partial charge in [-0.25, -0.2) is 4.98 Å². The SMILES string of the molecule is CC(C)(C)c1ccc2oc(C(N)C3CC3)nc2c1. The molecule has 0 amide bonds. The molecule has 3 rings (SSSR count). The number of nitrogens with zero attached hydrogens (tertiary/aromatic N) is 1. The van der Waals surface area contributed by atoms with Gasteiger partial charge in [-0.2, -0.15) is 0 Å². The number of hydrogen-bond donors (Lipinski definition) is 1. The maximum Gasteiger partial charge on any atom is 0.212 e. The number of hydrogen-bond acceptors (Lipinski definition) is 3. The van der Waals surface area contributed by atoms with Gasteiger partial charge in [-0.3, -0.25) is 0 Å². The smallest absolute Gasteiger partial charge is 0.212 e. The zero-order chi connectivity index (χ0) is 12.9. The van der Waals surface area contributed by atoms with Crippen LogP contribution in [-0.4, -0.2) is 4.98 Å². The van der Waals surface area contributed by atoms with Gasteiger partial charge in [0.2, 0.25) is 5.89 Å². The van der Waals surface area contributed by atoms with Crippen molar-refractivity contribution in [2.75, 3.05) is 0 Å². The van der Waals surface area contributed by atoms with Gasteiger partial charge >= 0.3 is 0 Å². The molecule has 3 nitrogen and oxygen atoms in total. The number of benzene rings is 1. The van der Waals surface area contributed by atoms with Crippen LogP contribution in [0.15, 0.2) is 22.6 Å². The second kappa shape index (κ2) is 3.82. The van der Waals surface area contributed by atoms with Crippen LogP contribution >= 0.6 is 0 Å². The minimum Gasteiger partial charge on any atom is -0.439 e. The monoisotopic (exact) mass is 244 g/mol. The molecule has 1 aliphatic carbocycles. The molecule has 1 heterocycles. The van der Waals surface area contributed by atoms with Crippen LogP contribution in [0.2, 0.25) is 0 Å². The fourth-order valence-corrected chi connectivity index (χ4v) is 2.21. The van der Waals surface area contributed by atoms with Crippen LogP contribution in [-0.2, 0) is 5.41 Å². The van der Waals surface area contributed by atoms with Crippen molar-refractivity contribution in [2.45, 2.75) is 45.1 Å². The Morgan fingerprint density at radius 1 is 1.33 bits per heavy atom. The molecule has 2 N–H and O–H groups in total. The standard InChI is InChI=1S/C15H20N2O/c1-15(2,3)10-6-7-12-11(8-10)17-14(18-12)13(16)9-4-5-9/h6-9,13H,4-5,16H2,1-3H3. The summed E-state index contributed by atoms with van der Waals surface area (Å²) in [6.07, 6.45) is 2.40. The summed E-state index contributed by atoms with van der Waals surface area (Å²) in [6.45, 7) is 6.60. The van der Waals surface area contributed by atoms with Crippen LogP contribution in [0.1, 0.15) is 51.1 Å². The Balaban J connectivity index is 2.01. The van der Waals surface area contributed by atoms with E-state index in [2.05, 4.69) is 37.9 Å². The molecule has 1 unspecified atom stereocenters. The maximum atomic E-state index is 6.13. The molecule has 1 fully saturated rings. The van der Waals surface area contributed by atoms with Gasteiger partial charge in [0.25, 0.3) is 0 Å². The van der Waals surface area contributed by atoms with Crippen LogP contribution < -0.4 is 5.73 Å². The quantitative estimate of drug-likeness (QED) is 0.879. The van der Waals surface area contributed by atoms with Crippen molar-refractivity contribution in [3.63, 3.8) is 0 Å². The van der Waals surface area contributed by atoms with Gasteiger partial charge in [0, 0.05) is 0 Å². The van der Waals surface area contributed by atoms with Crippen molar-refractivity contribution >= 4 is 11.1 Å². The van der Waals surface area contributed by atoms with Crippen molar-refractivity contribution in [3.05, 3.63) is 29.7 Å². The van der Waals surface area contributed by atoms with E-state index in [1.54, 1.807) is 0 Å². The topological polar surface area (TPSA) is 52.0 Å². The predicted octanol–water partition coefficient (Wildman–Crippen LogP) is 3.54. The van der Waals surface area contributed by atoms with Crippen LogP contribution in [0.25, 0.3) is 11.1 Å². The third-order valence-corrected chi connectivity index (χ3v) is 3.69. The molecule has 18 heavy (non-hydrogen) atoms. The molecule has 1 aliphatic rings. The van der Waals surface area contributed by atoms with Crippen LogP contribution in [0.3, 0.4) is 0 Å². The maximum absolute atomic E-state index is 6.13. The highest BCUT2D eigenvalue weighted by Crippen LogP contribution is 2.40. The Morgan fingerprint density at radius 3 is 2.67 bits per heavy atom. The highest BCUT2D eigenvalue weighted by atomic mass is 16.3. The molecule has 1 saturated carbocycles. The summed E-state index contributed by atoms with van der Waals surface area (Å²) in [5.74, 6) is 1.26. The molecule has 3 heteroatoms. The van der Waals surface area contributed by atoms with Gasteiger partial charge in [-0.1, -0.05) is 26.8 Å². The largest absolute Gasteiger partial charge is 0.439 e. The summed E-state index contributed by atoms with van der Waals surface area (Å²) < 4.78 is 5.76. The number of nitrogens with two attached hydrogens (primary N) is 1. The number of fused-ring (bicyclic) bond motifs is 1. The Labute approximate surface area is 107 Å². The van der Waals surface area contributed by atoms with Crippen molar-refractivity contribution in [2.24, 2.45) is 11.7 Å². The molecule has 2 aromatic rings. The zero-order valence-electron chi connectivity index (χ0n) is 11.2. The Bertz CT molecular complexity index is 576. The summed E-state index contributed by atoms with van der Waals surface area (Å²) in [5, 5.41) is 0. The fraction of sp³-hybridized carbons (Fsp3) is 0.533. The minimum atomic E-state index is -0.0320. The first-order chi connectivity index (χ1) is 8.45. The van der Waals surface area contributed by atoms with Gasteiger partial charge in [-0.05, 0) is 41.9 Å². The third kappa shape index (κ3) is 2.03. The lowest BCUT2D eigenvalue weighted by Crippen LogP contribution is -2.12. The van der Waals surface area contributed by atoms with E-state index in [1.807, 2.05) is 6.07 Å². The van der Waals surface area contributed by atoms with Crippen LogP contribution in [0.5, 0.6) is 0 Å². The highest BCUT2D eigenvalue weighted by Gasteiger charge is 2.32. The second-order valence-electron chi connectivity index (χ2n) is 6.35. The fourth-order valence-electron chi connectivity index (χ4n) is 2.21. The number of rotatable bonds is 2. The molecular weight excluding hydrogens is 224 g/mol. The molecule has 1 aromatic heterocycles. The summed E-state index contributed by atoms with van der Waals surface area (Å²) in [7, 11) is 0. The summed E-state index contributed by atoms with van der Waals surface area (Å²) in [5.41, 5.74) is 9.30. The van der Waals surface area contributed by atoms with Crippen molar-refractivity contribution < 1.29 is 4.42 Å². The lowest BCUT2D eigenvalue weighted by Gasteiger charge is -2.18. The average molecular weight is 244 g/mol. The van der Waals surface area contributed by atoms with Gasteiger partial charge in [-0.15, -0.1) is 0 Å². The molecule has 0 radical (unpaired) electrons. The van der Waals surface area contributed by atoms with Crippen molar-refractivity contribution in [1.29, 1.82) is 0 Å². The lowest BCUT2D eigenvalue weighted by atomic mass is 9.87. The predicted molar refractivity (Wildman–Crippen MR) is 72.4 cm³/mol. The summed E-state index contributed by atoms with van der Waals surface area (Å²) in [4.78, 5) is 4.56. The first-order valence-electron chi connectivity index (χ1n) is 6.62. The molecule has 1 atom stereocenters. The first kappa shape index (κ1) is 11.7. The van der Waals surface area contributed by atoms with E-state index < -0.39 is 0 Å². The van der Waals surface area contributed by atoms with E-state index in [-0.39, 0.29) is 11.5 Å². The van der Waals surface area contributed by atoms with Gasteiger partial charge in [0.1, 0.15) is 5.52 Å². The Hall–Kier alpha value is -1.35. The summed E-state index contributed by atoms with van der Waals surface area (Å²) >= 11 is 0. The van der Waals surface area contributed by atoms with E-state index >= 15 is 0 Å². The van der Waals surface area contributed by atoms with E-state index in [0.717, 1.165) is 11.1 Å². The molecule has 0 bridgehead atoms. The first-order valence-corrected chi connectivity index (χ1v) is 6.62. The van der Waals surface area contributed by atoms with E-state index in [4.69, 9.17) is 10.2 Å². The highest BCUT2D eigenvalue weighted by molar-refractivity contribution is 5.73. The van der Waals surface area contributed by atoms with E-state index in [9.17, 15) is 0 Å². The zero-order valence-corrected chi connectivity index (χ0v) is 11.2. The molecule has 0 spiro atoms. The number of aromatic nitrogens is 1. The second-order valence-corrected chi connectivity index (χ2v) is 6.35. The molecule has 0 saturated heterocycles. The minimum absolute atomic E-state index is 0.0320. The Morgan fingerprint density at radius 2 is 2.06 bits per heavy atom. The van der Waals surface area contributed by atoms with Gasteiger partial charge in [0.15, 0.2) is 5.58 Å². The van der Waals surface area contributed by atoms with Crippen LogP contribution in [0.4, 0.5) is 0 Å². The van der Waals surface area contributed by atoms with E-state index in [1.165, 1.54) is 18.4 Å². The van der Waals surface area contributed by atoms with Gasteiger partial charge < -0.3 is 10.2 Å². The molecule has 96 valence electrons. The third-order valence-electron chi connectivity index (χ3n) is 3.69. The normalized spacial score (nSPS) is 18.2. The number of oxazole rings is 1. The molecular formula is C15H20N2O. The molecule has 0 aliphatic heterocycles. The summed E-state index contributed by atoms with van der Waals surface area (Å²) in [6, 6.07) is 6.20. The van der Waals surface area contributed by atoms with E-state index in [0.29, 0.717) is 11.8 Å².